The number of thiophene rings is 1. The van der Waals surface area contributed by atoms with Crippen LogP contribution in [0.5, 0.6) is 5.75 Å². The molecular formula is C16H12BrFOS. The first-order valence-electron chi connectivity index (χ1n) is 6.15. The maximum Gasteiger partial charge on any atom is 0.123 e. The van der Waals surface area contributed by atoms with E-state index >= 15 is 0 Å². The zero-order chi connectivity index (χ0) is 14.1. The van der Waals surface area contributed by atoms with Gasteiger partial charge in [-0.05, 0) is 35.7 Å². The lowest BCUT2D eigenvalue weighted by molar-refractivity contribution is 0.409. The number of fused-ring (bicyclic) bond motifs is 1. The number of rotatable bonds is 3. The van der Waals surface area contributed by atoms with Gasteiger partial charge in [0, 0.05) is 15.1 Å². The molecule has 0 fully saturated rings. The average molecular weight is 351 g/mol. The average Bonchev–Trinajstić information content (AvgIpc) is 2.90. The summed E-state index contributed by atoms with van der Waals surface area (Å²) in [7, 11) is 1.60. The Hall–Kier alpha value is -1.39. The van der Waals surface area contributed by atoms with E-state index in [1.165, 1.54) is 22.2 Å². The van der Waals surface area contributed by atoms with Gasteiger partial charge >= 0.3 is 0 Å². The van der Waals surface area contributed by atoms with Crippen LogP contribution in [0.4, 0.5) is 4.39 Å². The summed E-state index contributed by atoms with van der Waals surface area (Å²) >= 11 is 5.36. The second-order valence-corrected chi connectivity index (χ2v) is 6.47. The van der Waals surface area contributed by atoms with Crippen molar-refractivity contribution in [2.24, 2.45) is 0 Å². The molecule has 0 aliphatic rings. The minimum atomic E-state index is -0.258. The van der Waals surface area contributed by atoms with Crippen molar-refractivity contribution in [3.05, 3.63) is 64.8 Å². The topological polar surface area (TPSA) is 9.23 Å². The molecule has 4 heteroatoms. The van der Waals surface area contributed by atoms with Crippen LogP contribution >= 0.6 is 27.3 Å². The maximum absolute atomic E-state index is 13.5. The van der Waals surface area contributed by atoms with Gasteiger partial charge in [0.15, 0.2) is 0 Å². The first kappa shape index (κ1) is 13.6. The monoisotopic (exact) mass is 350 g/mol. The minimum absolute atomic E-state index is 0.0782. The van der Waals surface area contributed by atoms with Crippen LogP contribution in [0, 0.1) is 5.82 Å². The molecule has 3 rings (SSSR count). The molecule has 1 heterocycles. The molecule has 102 valence electrons. The van der Waals surface area contributed by atoms with Gasteiger partial charge in [0.2, 0.25) is 0 Å². The van der Waals surface area contributed by atoms with Crippen molar-refractivity contribution in [2.75, 3.05) is 7.11 Å². The standard InChI is InChI=1S/C16H12BrFOS/c1-19-13-7-6-11(18)9-12(13)16(17)15-8-10-4-2-3-5-14(10)20-15/h2-9,16H,1H3. The highest BCUT2D eigenvalue weighted by molar-refractivity contribution is 9.09. The second kappa shape index (κ2) is 5.54. The lowest BCUT2D eigenvalue weighted by Gasteiger charge is -2.13. The molecule has 1 aromatic heterocycles. The number of hydrogen-bond acceptors (Lipinski definition) is 2. The van der Waals surface area contributed by atoms with Gasteiger partial charge in [-0.2, -0.15) is 0 Å². The molecule has 20 heavy (non-hydrogen) atoms. The Balaban J connectivity index is 2.07. The number of hydrogen-bond donors (Lipinski definition) is 0. The van der Waals surface area contributed by atoms with Gasteiger partial charge < -0.3 is 4.74 Å². The van der Waals surface area contributed by atoms with Crippen LogP contribution in [-0.2, 0) is 0 Å². The molecule has 0 N–H and O–H groups in total. The maximum atomic E-state index is 13.5. The summed E-state index contributed by atoms with van der Waals surface area (Å²) in [5, 5.41) is 1.20. The van der Waals surface area contributed by atoms with E-state index in [1.807, 2.05) is 12.1 Å². The number of benzene rings is 2. The summed E-state index contributed by atoms with van der Waals surface area (Å²) in [4.78, 5) is 1.06. The van der Waals surface area contributed by atoms with Crippen molar-refractivity contribution in [1.29, 1.82) is 0 Å². The number of ether oxygens (including phenoxy) is 1. The molecular weight excluding hydrogens is 339 g/mol. The third-order valence-electron chi connectivity index (χ3n) is 3.16. The highest BCUT2D eigenvalue weighted by Gasteiger charge is 2.18. The zero-order valence-electron chi connectivity index (χ0n) is 10.8. The van der Waals surface area contributed by atoms with Gasteiger partial charge in [-0.25, -0.2) is 4.39 Å². The summed E-state index contributed by atoms with van der Waals surface area (Å²) in [5.74, 6) is 0.428. The summed E-state index contributed by atoms with van der Waals surface area (Å²) in [6, 6.07) is 14.9. The van der Waals surface area contributed by atoms with E-state index in [9.17, 15) is 4.39 Å². The van der Waals surface area contributed by atoms with Crippen LogP contribution in [0.2, 0.25) is 0 Å². The Labute approximate surface area is 129 Å². The Bertz CT molecular complexity index is 720. The van der Waals surface area contributed by atoms with Crippen LogP contribution < -0.4 is 4.74 Å². The lowest BCUT2D eigenvalue weighted by atomic mass is 10.1. The fraction of sp³-hybridized carbons (Fsp3) is 0.125. The van der Waals surface area contributed by atoms with E-state index in [1.54, 1.807) is 24.5 Å². The first-order valence-corrected chi connectivity index (χ1v) is 7.88. The lowest BCUT2D eigenvalue weighted by Crippen LogP contribution is -1.96. The predicted molar refractivity (Wildman–Crippen MR) is 85.5 cm³/mol. The van der Waals surface area contributed by atoms with Crippen molar-refractivity contribution in [1.82, 2.24) is 0 Å². The van der Waals surface area contributed by atoms with Gasteiger partial charge in [-0.1, -0.05) is 34.1 Å². The Morgan fingerprint density at radius 2 is 1.95 bits per heavy atom. The Morgan fingerprint density at radius 3 is 2.70 bits per heavy atom. The van der Waals surface area contributed by atoms with Crippen LogP contribution in [0.15, 0.2) is 48.5 Å². The molecule has 3 aromatic rings. The Morgan fingerprint density at radius 1 is 1.15 bits per heavy atom. The molecule has 1 unspecified atom stereocenters. The van der Waals surface area contributed by atoms with E-state index in [2.05, 4.69) is 34.1 Å². The number of alkyl halides is 1. The molecule has 0 radical (unpaired) electrons. The van der Waals surface area contributed by atoms with Crippen LogP contribution in [-0.4, -0.2) is 7.11 Å². The van der Waals surface area contributed by atoms with Gasteiger partial charge in [-0.15, -0.1) is 11.3 Å². The molecule has 0 aliphatic carbocycles. The van der Waals surface area contributed by atoms with Crippen molar-refractivity contribution >= 4 is 37.4 Å². The van der Waals surface area contributed by atoms with Gasteiger partial charge in [-0.3, -0.25) is 0 Å². The van der Waals surface area contributed by atoms with Crippen molar-refractivity contribution < 1.29 is 9.13 Å². The smallest absolute Gasteiger partial charge is 0.123 e. The highest BCUT2D eigenvalue weighted by Crippen LogP contribution is 2.41. The molecule has 2 aromatic carbocycles. The summed E-state index contributed by atoms with van der Waals surface area (Å²) in [5.41, 5.74) is 0.805. The van der Waals surface area contributed by atoms with Crippen molar-refractivity contribution in [3.63, 3.8) is 0 Å². The second-order valence-electron chi connectivity index (χ2n) is 4.44. The zero-order valence-corrected chi connectivity index (χ0v) is 13.2. The minimum Gasteiger partial charge on any atom is -0.496 e. The van der Waals surface area contributed by atoms with Crippen LogP contribution in [0.1, 0.15) is 15.3 Å². The van der Waals surface area contributed by atoms with Gasteiger partial charge in [0.25, 0.3) is 0 Å². The van der Waals surface area contributed by atoms with Gasteiger partial charge in [0.05, 0.1) is 11.9 Å². The molecule has 0 saturated heterocycles. The molecule has 1 atom stereocenters. The van der Waals surface area contributed by atoms with Crippen LogP contribution in [0.25, 0.3) is 10.1 Å². The molecule has 0 amide bonds. The fourth-order valence-corrected chi connectivity index (χ4v) is 4.02. The predicted octanol–water partition coefficient (Wildman–Crippen LogP) is 5.53. The normalized spacial score (nSPS) is 12.6. The summed E-state index contributed by atoms with van der Waals surface area (Å²) < 4.78 is 20.0. The van der Waals surface area contributed by atoms with E-state index in [0.717, 1.165) is 10.4 Å². The van der Waals surface area contributed by atoms with Gasteiger partial charge in [0.1, 0.15) is 11.6 Å². The molecule has 0 spiro atoms. The molecule has 0 aliphatic heterocycles. The van der Waals surface area contributed by atoms with E-state index in [-0.39, 0.29) is 10.6 Å². The number of methoxy groups -OCH3 is 1. The molecule has 0 saturated carbocycles. The fourth-order valence-electron chi connectivity index (χ4n) is 2.18. The van der Waals surface area contributed by atoms with Crippen LogP contribution in [0.3, 0.4) is 0 Å². The Kier molecular flexibility index (Phi) is 3.76. The summed E-state index contributed by atoms with van der Waals surface area (Å²) in [6.45, 7) is 0. The SMILES string of the molecule is COc1ccc(F)cc1C(Br)c1cc2ccccc2s1. The third kappa shape index (κ3) is 2.45. The third-order valence-corrected chi connectivity index (χ3v) is 5.63. The summed E-state index contributed by atoms with van der Waals surface area (Å²) in [6.07, 6.45) is 0. The van der Waals surface area contributed by atoms with E-state index in [4.69, 9.17) is 4.74 Å². The molecule has 0 bridgehead atoms. The molecule has 1 nitrogen and oxygen atoms in total. The quantitative estimate of drug-likeness (QED) is 0.564. The first-order chi connectivity index (χ1) is 9.69. The van der Waals surface area contributed by atoms with Crippen molar-refractivity contribution in [3.8, 4) is 5.75 Å². The van der Waals surface area contributed by atoms with Crippen molar-refractivity contribution in [2.45, 2.75) is 4.83 Å². The van der Waals surface area contributed by atoms with E-state index in [0.29, 0.717) is 5.75 Å². The largest absolute Gasteiger partial charge is 0.496 e. The highest BCUT2D eigenvalue weighted by atomic mass is 79.9. The van der Waals surface area contributed by atoms with E-state index < -0.39 is 0 Å². The number of halogens is 2.